The van der Waals surface area contributed by atoms with E-state index in [0.29, 0.717) is 31.7 Å². The Hall–Kier alpha value is -2.22. The molecular weight excluding hydrogens is 437 g/mol. The number of halogens is 1. The van der Waals surface area contributed by atoms with Crippen molar-refractivity contribution < 1.29 is 14.0 Å². The fourth-order valence-corrected chi connectivity index (χ4v) is 6.23. The fraction of sp³-hybridized carbons (Fsp3) is 0.462. The van der Waals surface area contributed by atoms with Gasteiger partial charge in [-0.2, -0.15) is 0 Å². The van der Waals surface area contributed by atoms with Crippen molar-refractivity contribution in [3.05, 3.63) is 64.5 Å². The second-order valence-corrected chi connectivity index (χ2v) is 10.3. The number of hydrogen-bond acceptors (Lipinski definition) is 5. The normalized spacial score (nSPS) is 21.8. The molecule has 174 valence electrons. The maximum absolute atomic E-state index is 14.8. The smallest absolute Gasteiger partial charge is 0.243 e. The van der Waals surface area contributed by atoms with Crippen molar-refractivity contribution in [1.82, 2.24) is 15.1 Å². The van der Waals surface area contributed by atoms with Crippen LogP contribution in [0.4, 0.5) is 4.39 Å². The van der Waals surface area contributed by atoms with Crippen LogP contribution >= 0.6 is 11.8 Å². The van der Waals surface area contributed by atoms with E-state index in [1.807, 2.05) is 12.1 Å². The molecule has 0 bridgehead atoms. The molecule has 0 aliphatic carbocycles. The first-order chi connectivity index (χ1) is 16.1. The molecule has 1 N–H and O–H groups in total. The summed E-state index contributed by atoms with van der Waals surface area (Å²) in [6.45, 7) is 4.42. The van der Waals surface area contributed by atoms with Gasteiger partial charge in [0.1, 0.15) is 5.82 Å². The quantitative estimate of drug-likeness (QED) is 0.509. The number of thioether (sulfide) groups is 1. The Balaban J connectivity index is 1.22. The molecule has 2 aromatic rings. The third kappa shape index (κ3) is 5.15. The van der Waals surface area contributed by atoms with E-state index in [-0.39, 0.29) is 23.7 Å². The van der Waals surface area contributed by atoms with Crippen molar-refractivity contribution in [1.29, 1.82) is 0 Å². The van der Waals surface area contributed by atoms with Gasteiger partial charge >= 0.3 is 0 Å². The Morgan fingerprint density at radius 1 is 1.06 bits per heavy atom. The van der Waals surface area contributed by atoms with E-state index < -0.39 is 0 Å². The highest BCUT2D eigenvalue weighted by Crippen LogP contribution is 2.36. The van der Waals surface area contributed by atoms with E-state index >= 15 is 0 Å². The van der Waals surface area contributed by atoms with E-state index in [2.05, 4.69) is 33.3 Å². The third-order valence-electron chi connectivity index (χ3n) is 6.97. The minimum atomic E-state index is -0.266. The van der Waals surface area contributed by atoms with E-state index in [9.17, 15) is 14.0 Å². The summed E-state index contributed by atoms with van der Waals surface area (Å²) in [6, 6.07) is 11.6. The summed E-state index contributed by atoms with van der Waals surface area (Å²) in [5.74, 6) is 0.0629. The number of nitrogens with one attached hydrogen (secondary N) is 1. The fourth-order valence-electron chi connectivity index (χ4n) is 5.14. The Morgan fingerprint density at radius 3 is 2.70 bits per heavy atom. The van der Waals surface area contributed by atoms with Gasteiger partial charge in [-0.15, -0.1) is 11.8 Å². The number of amides is 2. The summed E-state index contributed by atoms with van der Waals surface area (Å²) >= 11 is 1.65. The molecule has 2 fully saturated rings. The van der Waals surface area contributed by atoms with Crippen molar-refractivity contribution in [2.75, 3.05) is 13.1 Å². The Bertz CT molecular complexity index is 1050. The highest BCUT2D eigenvalue weighted by molar-refractivity contribution is 7.98. The molecule has 0 radical (unpaired) electrons. The van der Waals surface area contributed by atoms with Crippen molar-refractivity contribution in [2.24, 2.45) is 0 Å². The zero-order valence-corrected chi connectivity index (χ0v) is 19.6. The summed E-state index contributed by atoms with van der Waals surface area (Å²) < 4.78 is 14.8. The molecule has 0 aromatic heterocycles. The van der Waals surface area contributed by atoms with Gasteiger partial charge in [0.05, 0.1) is 6.04 Å². The average Bonchev–Trinajstić information content (AvgIpc) is 3.24. The Kier molecular flexibility index (Phi) is 6.81. The average molecular weight is 468 g/mol. The third-order valence-corrected chi connectivity index (χ3v) is 8.12. The highest BCUT2D eigenvalue weighted by Gasteiger charge is 2.35. The lowest BCUT2D eigenvalue weighted by molar-refractivity contribution is -0.137. The maximum atomic E-state index is 14.8. The van der Waals surface area contributed by atoms with Crippen LogP contribution in [0.15, 0.2) is 41.3 Å². The van der Waals surface area contributed by atoms with Crippen molar-refractivity contribution in [2.45, 2.75) is 68.4 Å². The number of imide groups is 1. The largest absolute Gasteiger partial charge is 0.299 e. The lowest BCUT2D eigenvalue weighted by Gasteiger charge is -2.29. The maximum Gasteiger partial charge on any atom is 0.243 e. The lowest BCUT2D eigenvalue weighted by atomic mass is 10.0. The van der Waals surface area contributed by atoms with Crippen LogP contribution in [-0.2, 0) is 35.0 Å². The van der Waals surface area contributed by atoms with Gasteiger partial charge < -0.3 is 0 Å². The highest BCUT2D eigenvalue weighted by atomic mass is 32.2. The molecule has 3 heterocycles. The summed E-state index contributed by atoms with van der Waals surface area (Å²) in [7, 11) is 0. The first kappa shape index (κ1) is 22.6. The molecule has 2 amide bonds. The lowest BCUT2D eigenvalue weighted by Crippen LogP contribution is -2.50. The standard InChI is InChI=1S/C26H30FN3O2S/c27-22-13-18(14-29-11-2-1-3-12-29)7-8-20(22)17-33-24-6-4-5-19-15-30(16-21(19)24)23-9-10-25(31)28-26(23)32/h4-8,13,23H,1-3,9-12,14-17H2,(H,28,31,32). The molecule has 0 saturated carbocycles. The molecule has 3 aliphatic heterocycles. The molecule has 2 saturated heterocycles. The summed E-state index contributed by atoms with van der Waals surface area (Å²) in [6.07, 6.45) is 4.72. The van der Waals surface area contributed by atoms with Crippen molar-refractivity contribution in [3.8, 4) is 0 Å². The second-order valence-electron chi connectivity index (χ2n) is 9.32. The van der Waals surface area contributed by atoms with Gasteiger partial charge in [0.15, 0.2) is 0 Å². The number of benzene rings is 2. The minimum absolute atomic E-state index is 0.130. The zero-order chi connectivity index (χ0) is 22.8. The van der Waals surface area contributed by atoms with Gasteiger partial charge in [-0.05, 0) is 66.7 Å². The van der Waals surface area contributed by atoms with E-state index in [0.717, 1.165) is 35.7 Å². The van der Waals surface area contributed by atoms with E-state index in [1.165, 1.54) is 30.4 Å². The molecule has 1 unspecified atom stereocenters. The Labute approximate surface area is 198 Å². The molecule has 33 heavy (non-hydrogen) atoms. The zero-order valence-electron chi connectivity index (χ0n) is 18.8. The van der Waals surface area contributed by atoms with Crippen LogP contribution < -0.4 is 5.32 Å². The number of likely N-dealkylation sites (tertiary alicyclic amines) is 1. The number of nitrogens with zero attached hydrogens (tertiary/aromatic N) is 2. The van der Waals surface area contributed by atoms with Gasteiger partial charge in [-0.25, -0.2) is 4.39 Å². The monoisotopic (exact) mass is 467 g/mol. The topological polar surface area (TPSA) is 52.7 Å². The van der Waals surface area contributed by atoms with Crippen LogP contribution in [0.2, 0.25) is 0 Å². The summed E-state index contributed by atoms with van der Waals surface area (Å²) in [5.41, 5.74) is 4.19. The van der Waals surface area contributed by atoms with Crippen LogP contribution in [0.5, 0.6) is 0 Å². The number of carbonyl (C=O) groups is 2. The number of fused-ring (bicyclic) bond motifs is 1. The molecule has 3 aliphatic rings. The Morgan fingerprint density at radius 2 is 1.91 bits per heavy atom. The van der Waals surface area contributed by atoms with Crippen molar-refractivity contribution in [3.63, 3.8) is 0 Å². The summed E-state index contributed by atoms with van der Waals surface area (Å²) in [4.78, 5) is 29.5. The van der Waals surface area contributed by atoms with E-state index in [4.69, 9.17) is 0 Å². The molecular formula is C26H30FN3O2S. The summed E-state index contributed by atoms with van der Waals surface area (Å²) in [5, 5.41) is 2.46. The molecule has 5 nitrogen and oxygen atoms in total. The SMILES string of the molecule is O=C1CCC(N2Cc3cccc(SCc4ccc(CN5CCCCC5)cc4F)c3C2)C(=O)N1. The van der Waals surface area contributed by atoms with Gasteiger partial charge in [-0.1, -0.05) is 30.7 Å². The predicted octanol–water partition coefficient (Wildman–Crippen LogP) is 4.22. The molecule has 1 atom stereocenters. The molecule has 2 aromatic carbocycles. The number of carbonyl (C=O) groups excluding carboxylic acids is 2. The van der Waals surface area contributed by atoms with Crippen LogP contribution in [0.25, 0.3) is 0 Å². The predicted molar refractivity (Wildman–Crippen MR) is 127 cm³/mol. The number of piperidine rings is 2. The second kappa shape index (κ2) is 9.95. The van der Waals surface area contributed by atoms with Crippen LogP contribution in [-0.4, -0.2) is 40.7 Å². The van der Waals surface area contributed by atoms with Crippen LogP contribution in [0, 0.1) is 5.82 Å². The van der Waals surface area contributed by atoms with E-state index in [1.54, 1.807) is 17.8 Å². The minimum Gasteiger partial charge on any atom is -0.299 e. The first-order valence-corrected chi connectivity index (χ1v) is 12.9. The van der Waals surface area contributed by atoms with Gasteiger partial charge in [0, 0.05) is 36.7 Å². The van der Waals surface area contributed by atoms with Gasteiger partial charge in [0.2, 0.25) is 11.8 Å². The van der Waals surface area contributed by atoms with Crippen LogP contribution in [0.1, 0.15) is 54.4 Å². The first-order valence-electron chi connectivity index (χ1n) is 11.9. The number of hydrogen-bond donors (Lipinski definition) is 1. The molecule has 0 spiro atoms. The number of rotatable bonds is 6. The van der Waals surface area contributed by atoms with Gasteiger partial charge in [0.25, 0.3) is 0 Å². The van der Waals surface area contributed by atoms with Gasteiger partial charge in [-0.3, -0.25) is 24.7 Å². The van der Waals surface area contributed by atoms with Crippen LogP contribution in [0.3, 0.4) is 0 Å². The molecule has 5 rings (SSSR count). The molecule has 7 heteroatoms. The van der Waals surface area contributed by atoms with Crippen molar-refractivity contribution >= 4 is 23.6 Å².